The zero-order chi connectivity index (χ0) is 25.1. The molecule has 3 heterocycles. The van der Waals surface area contributed by atoms with Crippen LogP contribution < -0.4 is 10.6 Å². The maximum Gasteiger partial charge on any atom is 0.320 e. The largest absolute Gasteiger partial charge is 0.378 e. The summed E-state index contributed by atoms with van der Waals surface area (Å²) in [7, 11) is 3.53. The number of urea groups is 1. The lowest BCUT2D eigenvalue weighted by Gasteiger charge is -2.28. The van der Waals surface area contributed by atoms with Crippen molar-refractivity contribution in [3.05, 3.63) is 77.4 Å². The fourth-order valence-electron chi connectivity index (χ4n) is 4.57. The Balaban J connectivity index is 1.39. The van der Waals surface area contributed by atoms with Gasteiger partial charge in [0.1, 0.15) is 11.5 Å². The first kappa shape index (κ1) is 23.7. The molecule has 1 fully saturated rings. The maximum atomic E-state index is 13.1. The van der Waals surface area contributed by atoms with Crippen molar-refractivity contribution in [3.63, 3.8) is 0 Å². The van der Waals surface area contributed by atoms with E-state index in [9.17, 15) is 4.79 Å². The van der Waals surface area contributed by atoms with E-state index in [0.29, 0.717) is 24.9 Å². The highest BCUT2D eigenvalue weighted by atomic mass is 16.5. The number of hydrogen-bond acceptors (Lipinski definition) is 5. The van der Waals surface area contributed by atoms with E-state index in [-0.39, 0.29) is 6.03 Å². The number of carbonyl (C=O) groups excluding carboxylic acids is 1. The number of para-hydroxylation sites is 1. The number of rotatable bonds is 8. The lowest BCUT2D eigenvalue weighted by atomic mass is 9.79. The van der Waals surface area contributed by atoms with Crippen LogP contribution in [0.4, 0.5) is 10.6 Å². The van der Waals surface area contributed by atoms with Crippen LogP contribution in [0, 0.1) is 6.92 Å². The summed E-state index contributed by atoms with van der Waals surface area (Å²) in [6.07, 6.45) is 9.20. The average Bonchev–Trinajstić information content (AvgIpc) is 3.42. The van der Waals surface area contributed by atoms with Crippen molar-refractivity contribution in [1.82, 2.24) is 29.9 Å². The molecular formula is C27H31N7O2. The van der Waals surface area contributed by atoms with Crippen LogP contribution in [0.15, 0.2) is 55.0 Å². The van der Waals surface area contributed by atoms with Crippen LogP contribution in [0.25, 0.3) is 16.9 Å². The predicted octanol–water partition coefficient (Wildman–Crippen LogP) is 4.71. The van der Waals surface area contributed by atoms with Gasteiger partial charge in [0.2, 0.25) is 0 Å². The average molecular weight is 486 g/mol. The Morgan fingerprint density at radius 3 is 2.67 bits per heavy atom. The third-order valence-corrected chi connectivity index (χ3v) is 6.69. The number of anilines is 1. The van der Waals surface area contributed by atoms with Crippen LogP contribution in [0.2, 0.25) is 0 Å². The molecule has 1 aromatic carbocycles. The van der Waals surface area contributed by atoms with Gasteiger partial charge in [0.25, 0.3) is 0 Å². The van der Waals surface area contributed by atoms with Gasteiger partial charge in [0, 0.05) is 44.2 Å². The fraction of sp³-hybridized carbons (Fsp3) is 0.333. The van der Waals surface area contributed by atoms with Crippen molar-refractivity contribution in [3.8, 4) is 16.9 Å². The monoisotopic (exact) mass is 485 g/mol. The minimum absolute atomic E-state index is 0.294. The van der Waals surface area contributed by atoms with Crippen LogP contribution >= 0.6 is 0 Å². The molecule has 9 heteroatoms. The number of hydrogen-bond donors (Lipinski definition) is 2. The number of ether oxygens (including phenoxy) is 1. The lowest BCUT2D eigenvalue weighted by molar-refractivity contribution is 0.181. The number of aryl methyl sites for hydroxylation is 1. The highest BCUT2D eigenvalue weighted by Gasteiger charge is 2.24. The van der Waals surface area contributed by atoms with E-state index in [1.165, 1.54) is 12.0 Å². The molecule has 0 unspecified atom stereocenters. The molecule has 1 aliphatic rings. The van der Waals surface area contributed by atoms with Crippen LogP contribution in [0.5, 0.6) is 0 Å². The Labute approximate surface area is 210 Å². The summed E-state index contributed by atoms with van der Waals surface area (Å²) in [5.74, 6) is 1.13. The quantitative estimate of drug-likeness (QED) is 0.377. The predicted molar refractivity (Wildman–Crippen MR) is 138 cm³/mol. The first-order valence-corrected chi connectivity index (χ1v) is 12.2. The Bertz CT molecular complexity index is 1360. The molecule has 36 heavy (non-hydrogen) atoms. The summed E-state index contributed by atoms with van der Waals surface area (Å²) in [6, 6.07) is 11.5. The van der Waals surface area contributed by atoms with E-state index >= 15 is 0 Å². The molecule has 0 atom stereocenters. The number of amides is 2. The summed E-state index contributed by atoms with van der Waals surface area (Å²) in [4.78, 5) is 17.7. The van der Waals surface area contributed by atoms with Crippen molar-refractivity contribution in [2.75, 3.05) is 12.4 Å². The number of nitrogens with one attached hydrogen (secondary N) is 2. The van der Waals surface area contributed by atoms with E-state index in [1.807, 2.05) is 62.8 Å². The highest BCUT2D eigenvalue weighted by Crippen LogP contribution is 2.38. The van der Waals surface area contributed by atoms with E-state index < -0.39 is 0 Å². The van der Waals surface area contributed by atoms with E-state index in [0.717, 1.165) is 46.6 Å². The summed E-state index contributed by atoms with van der Waals surface area (Å²) in [5.41, 5.74) is 6.54. The van der Waals surface area contributed by atoms with Gasteiger partial charge < -0.3 is 10.1 Å². The number of aromatic nitrogens is 5. The summed E-state index contributed by atoms with van der Waals surface area (Å²) < 4.78 is 8.76. The number of methoxy groups -OCH3 is 1. The molecule has 3 aromatic heterocycles. The van der Waals surface area contributed by atoms with E-state index in [1.54, 1.807) is 22.7 Å². The maximum absolute atomic E-state index is 13.1. The van der Waals surface area contributed by atoms with E-state index in [4.69, 9.17) is 9.84 Å². The Morgan fingerprint density at radius 2 is 2.00 bits per heavy atom. The summed E-state index contributed by atoms with van der Waals surface area (Å²) >= 11 is 0. The smallest absolute Gasteiger partial charge is 0.320 e. The van der Waals surface area contributed by atoms with Crippen LogP contribution in [0.1, 0.15) is 47.6 Å². The third kappa shape index (κ3) is 4.87. The van der Waals surface area contributed by atoms with Gasteiger partial charge in [-0.2, -0.15) is 10.2 Å². The SMILES string of the molecule is COCc1cc(CNC(=O)Nc2c(C)c(-c3cnn(C)c3)nn2-c2ccccc2)c(C2CCC2)cn1. The number of pyridine rings is 1. The topological polar surface area (TPSA) is 98.9 Å². The first-order chi connectivity index (χ1) is 17.5. The molecule has 1 saturated carbocycles. The second-order valence-electron chi connectivity index (χ2n) is 9.22. The van der Waals surface area contributed by atoms with Crippen molar-refractivity contribution in [2.24, 2.45) is 7.05 Å². The van der Waals surface area contributed by atoms with E-state index in [2.05, 4.69) is 20.7 Å². The molecule has 5 rings (SSSR count). The van der Waals surface area contributed by atoms with Gasteiger partial charge in [0.15, 0.2) is 0 Å². The van der Waals surface area contributed by atoms with Gasteiger partial charge in [-0.15, -0.1) is 0 Å². The summed E-state index contributed by atoms with van der Waals surface area (Å²) in [5, 5.41) is 15.2. The zero-order valence-corrected chi connectivity index (χ0v) is 20.9. The molecule has 0 bridgehead atoms. The molecule has 4 aromatic rings. The van der Waals surface area contributed by atoms with Gasteiger partial charge in [0.05, 0.1) is 24.2 Å². The Hall–Kier alpha value is -3.98. The fourth-order valence-corrected chi connectivity index (χ4v) is 4.57. The van der Waals surface area contributed by atoms with Gasteiger partial charge >= 0.3 is 6.03 Å². The Morgan fingerprint density at radius 1 is 1.19 bits per heavy atom. The molecule has 0 radical (unpaired) electrons. The summed E-state index contributed by atoms with van der Waals surface area (Å²) in [6.45, 7) is 2.81. The van der Waals surface area contributed by atoms with Gasteiger partial charge in [-0.25, -0.2) is 9.48 Å². The van der Waals surface area contributed by atoms with Gasteiger partial charge in [-0.05, 0) is 55.0 Å². The lowest BCUT2D eigenvalue weighted by Crippen LogP contribution is -2.30. The number of nitrogens with zero attached hydrogens (tertiary/aromatic N) is 5. The van der Waals surface area contributed by atoms with Gasteiger partial charge in [-0.1, -0.05) is 24.6 Å². The molecular weight excluding hydrogens is 454 g/mol. The third-order valence-electron chi connectivity index (χ3n) is 6.69. The first-order valence-electron chi connectivity index (χ1n) is 12.2. The molecule has 0 aliphatic heterocycles. The Kier molecular flexibility index (Phi) is 6.81. The number of carbonyl (C=O) groups is 1. The molecule has 2 amide bonds. The number of benzene rings is 1. The van der Waals surface area contributed by atoms with Gasteiger partial charge in [-0.3, -0.25) is 15.0 Å². The van der Waals surface area contributed by atoms with Crippen molar-refractivity contribution in [1.29, 1.82) is 0 Å². The minimum atomic E-state index is -0.294. The minimum Gasteiger partial charge on any atom is -0.378 e. The second kappa shape index (κ2) is 10.3. The standard InChI is InChI=1S/C27H31N7O2/c1-18-25(21-14-30-33(2)16-21)32-34(23-10-5-4-6-11-23)26(18)31-27(35)29-13-20-12-22(17-36-3)28-15-24(20)19-8-7-9-19/h4-6,10-12,14-16,19H,7-9,13,17H2,1-3H3,(H2,29,31,35). The molecule has 9 nitrogen and oxygen atoms in total. The molecule has 0 saturated heterocycles. The van der Waals surface area contributed by atoms with Crippen molar-refractivity contribution < 1.29 is 9.53 Å². The van der Waals surface area contributed by atoms with Crippen molar-refractivity contribution in [2.45, 2.75) is 45.3 Å². The molecule has 0 spiro atoms. The molecule has 186 valence electrons. The highest BCUT2D eigenvalue weighted by molar-refractivity contribution is 5.90. The van der Waals surface area contributed by atoms with Crippen LogP contribution in [-0.2, 0) is 24.9 Å². The second-order valence-corrected chi connectivity index (χ2v) is 9.22. The normalized spacial score (nSPS) is 13.4. The van der Waals surface area contributed by atoms with Crippen LogP contribution in [-0.4, -0.2) is 37.7 Å². The molecule has 2 N–H and O–H groups in total. The van der Waals surface area contributed by atoms with Crippen LogP contribution in [0.3, 0.4) is 0 Å². The zero-order valence-electron chi connectivity index (χ0n) is 20.9. The van der Waals surface area contributed by atoms with Crippen molar-refractivity contribution >= 4 is 11.8 Å². The molecule has 1 aliphatic carbocycles.